The van der Waals surface area contributed by atoms with Crippen LogP contribution >= 0.6 is 0 Å². The van der Waals surface area contributed by atoms with Gasteiger partial charge in [0.05, 0.1) is 38.6 Å². The van der Waals surface area contributed by atoms with Gasteiger partial charge in [0.1, 0.15) is 0 Å². The standard InChI is InChI=1S/C104H202N2O10/c1-11-20-45-64-93(65-46-21-12-2)78-88-115-101(107)74-55-40-32-30-38-53-72-100(112-87-62-83-106-81-57-44-58-82-106)73-54-39-31-33-41-56-75-102(108)116-89-79-96(69-50-25-16-6)90-98(63-17-7)97(18-8)77-76-95(68-49-24-15-5)92-104(110)114-85-60-43-35-27-29-37-52-71-99(111-86-61-80-105(10)19-9)70-51-36-28-26-34-42-59-84-113-103(109)91-94(66-47-22-13-3)67-48-23-14-4/h93-100H,11-92H2,1-10H3. The second-order valence-electron chi connectivity index (χ2n) is 37.2. The monoisotopic (exact) mass is 1640 g/mol. The van der Waals surface area contributed by atoms with Gasteiger partial charge in [-0.05, 0) is 191 Å². The molecule has 1 rings (SSSR count). The third-order valence-corrected chi connectivity index (χ3v) is 26.4. The van der Waals surface area contributed by atoms with E-state index in [9.17, 15) is 19.2 Å². The minimum atomic E-state index is -0.0103. The zero-order chi connectivity index (χ0) is 84.3. The van der Waals surface area contributed by atoms with Crippen LogP contribution in [0.5, 0.6) is 0 Å². The number of hydrogen-bond donors (Lipinski definition) is 0. The van der Waals surface area contributed by atoms with Gasteiger partial charge in [-0.25, -0.2) is 0 Å². The summed E-state index contributed by atoms with van der Waals surface area (Å²) in [5, 5.41) is 0. The molecule has 688 valence electrons. The molecule has 12 heteroatoms. The van der Waals surface area contributed by atoms with Crippen LogP contribution in [0.15, 0.2) is 0 Å². The lowest BCUT2D eigenvalue weighted by molar-refractivity contribution is -0.146. The van der Waals surface area contributed by atoms with Gasteiger partial charge < -0.3 is 38.2 Å². The number of rotatable bonds is 92. The molecule has 0 saturated carbocycles. The maximum absolute atomic E-state index is 13.5. The number of unbranched alkanes of at least 4 members (excludes halogenated alkanes) is 34. The molecule has 1 saturated heterocycles. The van der Waals surface area contributed by atoms with E-state index in [4.69, 9.17) is 28.4 Å². The molecule has 6 unspecified atom stereocenters. The first-order valence-corrected chi connectivity index (χ1v) is 52.1. The Morgan fingerprint density at radius 1 is 0.284 bits per heavy atom. The zero-order valence-electron chi connectivity index (χ0n) is 79.6. The van der Waals surface area contributed by atoms with E-state index in [2.05, 4.69) is 79.2 Å². The van der Waals surface area contributed by atoms with Gasteiger partial charge in [0.25, 0.3) is 0 Å². The Labute approximate surface area is 722 Å². The molecule has 0 radical (unpaired) electrons. The summed E-state index contributed by atoms with van der Waals surface area (Å²) in [6.07, 6.45) is 83.5. The molecule has 1 aliphatic rings. The number of hydrogen-bond acceptors (Lipinski definition) is 12. The van der Waals surface area contributed by atoms with Gasteiger partial charge in [0.2, 0.25) is 0 Å². The summed E-state index contributed by atoms with van der Waals surface area (Å²) in [4.78, 5) is 57.0. The van der Waals surface area contributed by atoms with Crippen molar-refractivity contribution in [3.63, 3.8) is 0 Å². The number of esters is 4. The topological polar surface area (TPSA) is 130 Å². The lowest BCUT2D eigenvalue weighted by Gasteiger charge is -2.31. The van der Waals surface area contributed by atoms with Crippen molar-refractivity contribution in [1.29, 1.82) is 0 Å². The van der Waals surface area contributed by atoms with E-state index in [1.165, 1.54) is 347 Å². The minimum absolute atomic E-state index is 0.00385. The van der Waals surface area contributed by atoms with Crippen LogP contribution < -0.4 is 0 Å². The van der Waals surface area contributed by atoms with E-state index in [0.717, 1.165) is 129 Å². The first-order chi connectivity index (χ1) is 56.9. The summed E-state index contributed by atoms with van der Waals surface area (Å²) in [6, 6.07) is 0. The van der Waals surface area contributed by atoms with Crippen LogP contribution in [0.25, 0.3) is 0 Å². The fourth-order valence-corrected chi connectivity index (χ4v) is 18.5. The fourth-order valence-electron chi connectivity index (χ4n) is 18.5. The largest absolute Gasteiger partial charge is 0.466 e. The Balaban J connectivity index is 2.51. The van der Waals surface area contributed by atoms with Crippen molar-refractivity contribution in [2.24, 2.45) is 35.5 Å². The Morgan fingerprint density at radius 2 is 0.629 bits per heavy atom. The maximum atomic E-state index is 13.5. The van der Waals surface area contributed by atoms with Gasteiger partial charge >= 0.3 is 23.9 Å². The van der Waals surface area contributed by atoms with Crippen LogP contribution in [-0.4, -0.2) is 125 Å². The highest BCUT2D eigenvalue weighted by atomic mass is 16.5. The second kappa shape index (κ2) is 86.2. The van der Waals surface area contributed by atoms with E-state index in [1.807, 2.05) is 0 Å². The average molecular weight is 1640 g/mol. The van der Waals surface area contributed by atoms with Crippen molar-refractivity contribution < 1.29 is 47.6 Å². The lowest BCUT2D eigenvalue weighted by Crippen LogP contribution is -2.31. The number of piperidine rings is 1. The molecular formula is C104H202N2O10. The molecule has 0 N–H and O–H groups in total. The Bertz CT molecular complexity index is 2050. The third-order valence-electron chi connectivity index (χ3n) is 26.4. The van der Waals surface area contributed by atoms with Gasteiger partial charge in [-0.2, -0.15) is 0 Å². The zero-order valence-corrected chi connectivity index (χ0v) is 79.6. The molecule has 0 bridgehead atoms. The molecule has 6 atom stereocenters. The van der Waals surface area contributed by atoms with Crippen LogP contribution in [-0.2, 0) is 47.6 Å². The van der Waals surface area contributed by atoms with Gasteiger partial charge in [0.15, 0.2) is 0 Å². The minimum Gasteiger partial charge on any atom is -0.466 e. The summed E-state index contributed by atoms with van der Waals surface area (Å²) in [5.41, 5.74) is 0. The van der Waals surface area contributed by atoms with Crippen molar-refractivity contribution in [2.75, 3.05) is 79.4 Å². The fraction of sp³-hybridized carbons (Fsp3) is 0.962. The highest BCUT2D eigenvalue weighted by Gasteiger charge is 2.27. The van der Waals surface area contributed by atoms with Crippen molar-refractivity contribution >= 4 is 23.9 Å². The van der Waals surface area contributed by atoms with Crippen LogP contribution in [0.3, 0.4) is 0 Å². The number of carbonyl (C=O) groups excluding carboxylic acids is 4. The molecule has 0 amide bonds. The molecule has 1 aliphatic heterocycles. The molecule has 116 heavy (non-hydrogen) atoms. The molecular weight excluding hydrogens is 1440 g/mol. The number of ether oxygens (including phenoxy) is 6. The average Bonchev–Trinajstić information content (AvgIpc) is 0.888. The van der Waals surface area contributed by atoms with Crippen LogP contribution in [0.1, 0.15) is 518 Å². The Hall–Kier alpha value is -2.28. The van der Waals surface area contributed by atoms with Gasteiger partial charge in [-0.15, -0.1) is 0 Å². The smallest absolute Gasteiger partial charge is 0.306 e. The van der Waals surface area contributed by atoms with Gasteiger partial charge in [0, 0.05) is 52.0 Å². The summed E-state index contributed by atoms with van der Waals surface area (Å²) in [5.74, 6) is 3.51. The van der Waals surface area contributed by atoms with Crippen molar-refractivity contribution in [3.05, 3.63) is 0 Å². The van der Waals surface area contributed by atoms with E-state index in [1.54, 1.807) is 0 Å². The molecule has 0 aromatic carbocycles. The highest BCUT2D eigenvalue weighted by molar-refractivity contribution is 5.70. The Morgan fingerprint density at radius 3 is 1.03 bits per heavy atom. The third kappa shape index (κ3) is 72.2. The van der Waals surface area contributed by atoms with E-state index in [0.29, 0.717) is 99.8 Å². The van der Waals surface area contributed by atoms with Crippen molar-refractivity contribution in [2.45, 2.75) is 530 Å². The SMILES string of the molecule is CCCCCC(CCCCC)CCOC(=O)CCCCCCCCC(CCCCCCCCC(=O)OCCC(CCCCC)CC(CCC)C(CC)CCC(CCCCC)CC(=O)OCCCCCCCCCC(CCCCCCCCCOC(=O)CC(CCCCC)CCCCC)OCCCN(C)CC)OCCCN1CCCCC1. The quantitative estimate of drug-likeness (QED) is 0.0326. The summed E-state index contributed by atoms with van der Waals surface area (Å²) < 4.78 is 36.7. The number of nitrogens with zero attached hydrogens (tertiary/aromatic N) is 2. The predicted octanol–water partition coefficient (Wildman–Crippen LogP) is 30.8. The molecule has 1 heterocycles. The molecule has 12 nitrogen and oxygen atoms in total. The molecule has 1 fully saturated rings. The number of likely N-dealkylation sites (tertiary alicyclic amines) is 1. The normalized spacial score (nSPS) is 14.4. The molecule has 0 aromatic rings. The second-order valence-corrected chi connectivity index (χ2v) is 37.2. The molecule has 0 spiro atoms. The predicted molar refractivity (Wildman–Crippen MR) is 497 cm³/mol. The molecule has 0 aliphatic carbocycles. The summed E-state index contributed by atoms with van der Waals surface area (Å²) in [7, 11) is 2.20. The molecule has 0 aromatic heterocycles. The van der Waals surface area contributed by atoms with Gasteiger partial charge in [-0.3, -0.25) is 19.2 Å². The maximum Gasteiger partial charge on any atom is 0.306 e. The van der Waals surface area contributed by atoms with Crippen molar-refractivity contribution in [3.8, 4) is 0 Å². The lowest BCUT2D eigenvalue weighted by atomic mass is 9.75. The van der Waals surface area contributed by atoms with Crippen molar-refractivity contribution in [1.82, 2.24) is 9.80 Å². The van der Waals surface area contributed by atoms with Crippen LogP contribution in [0, 0.1) is 35.5 Å². The van der Waals surface area contributed by atoms with E-state index in [-0.39, 0.29) is 23.9 Å². The van der Waals surface area contributed by atoms with Crippen LogP contribution in [0.4, 0.5) is 0 Å². The number of carbonyl (C=O) groups is 4. The first-order valence-electron chi connectivity index (χ1n) is 52.1. The van der Waals surface area contributed by atoms with E-state index >= 15 is 0 Å². The highest BCUT2D eigenvalue weighted by Crippen LogP contribution is 2.37. The van der Waals surface area contributed by atoms with Crippen LogP contribution in [0.2, 0.25) is 0 Å². The first kappa shape index (κ1) is 112. The van der Waals surface area contributed by atoms with E-state index < -0.39 is 0 Å². The Kier molecular flexibility index (Phi) is 83.1. The van der Waals surface area contributed by atoms with Gasteiger partial charge in [-0.1, -0.05) is 364 Å². The summed E-state index contributed by atoms with van der Waals surface area (Å²) in [6.45, 7) is 30.5. The summed E-state index contributed by atoms with van der Waals surface area (Å²) >= 11 is 0.